The molecule has 0 fully saturated rings. The van der Waals surface area contributed by atoms with Crippen LogP contribution in [0.25, 0.3) is 0 Å². The Hall–Kier alpha value is -1.89. The third-order valence-electron chi connectivity index (χ3n) is 3.39. The van der Waals surface area contributed by atoms with Crippen molar-refractivity contribution < 1.29 is 9.59 Å². The maximum absolute atomic E-state index is 12.4. The van der Waals surface area contributed by atoms with Gasteiger partial charge in [0, 0.05) is 19.0 Å². The van der Waals surface area contributed by atoms with E-state index in [-0.39, 0.29) is 30.3 Å². The van der Waals surface area contributed by atoms with Gasteiger partial charge in [-0.15, -0.1) is 23.7 Å². The van der Waals surface area contributed by atoms with Crippen molar-refractivity contribution >= 4 is 35.6 Å². The van der Waals surface area contributed by atoms with Gasteiger partial charge in [0.05, 0.1) is 4.88 Å². The van der Waals surface area contributed by atoms with E-state index in [1.165, 1.54) is 11.3 Å². The number of hydrogen-bond acceptors (Lipinski definition) is 4. The van der Waals surface area contributed by atoms with Crippen LogP contribution in [-0.4, -0.2) is 30.4 Å². The molecule has 4 N–H and O–H groups in total. The van der Waals surface area contributed by atoms with E-state index in [4.69, 9.17) is 5.73 Å². The molecule has 0 aliphatic rings. The van der Waals surface area contributed by atoms with E-state index in [1.54, 1.807) is 6.07 Å². The van der Waals surface area contributed by atoms with Gasteiger partial charge in [-0.25, -0.2) is 0 Å². The number of nitrogens with two attached hydrogens (primary N) is 1. The van der Waals surface area contributed by atoms with Crippen LogP contribution >= 0.6 is 23.7 Å². The molecule has 2 amide bonds. The van der Waals surface area contributed by atoms with Gasteiger partial charge in [0.25, 0.3) is 5.91 Å². The van der Waals surface area contributed by atoms with Gasteiger partial charge >= 0.3 is 0 Å². The zero-order valence-electron chi connectivity index (χ0n) is 13.4. The first-order valence-corrected chi connectivity index (χ1v) is 8.37. The van der Waals surface area contributed by atoms with Crippen LogP contribution in [0.4, 0.5) is 0 Å². The maximum Gasteiger partial charge on any atom is 0.262 e. The Bertz CT molecular complexity index is 635. The first-order valence-electron chi connectivity index (χ1n) is 7.49. The number of amides is 2. The molecule has 0 spiro atoms. The van der Waals surface area contributed by atoms with Crippen molar-refractivity contribution in [2.24, 2.45) is 5.73 Å². The van der Waals surface area contributed by atoms with Gasteiger partial charge in [0.1, 0.15) is 6.04 Å². The fourth-order valence-electron chi connectivity index (χ4n) is 2.10. The van der Waals surface area contributed by atoms with Crippen LogP contribution in [0.1, 0.15) is 22.2 Å². The number of nitrogens with one attached hydrogen (secondary N) is 2. The first kappa shape index (κ1) is 20.2. The summed E-state index contributed by atoms with van der Waals surface area (Å²) < 4.78 is 0. The highest BCUT2D eigenvalue weighted by Crippen LogP contribution is 2.10. The van der Waals surface area contributed by atoms with E-state index in [9.17, 15) is 9.59 Å². The number of carbonyl (C=O) groups is 2. The fourth-order valence-corrected chi connectivity index (χ4v) is 2.73. The Morgan fingerprint density at radius 2 is 1.83 bits per heavy atom. The second kappa shape index (κ2) is 10.1. The largest absolute Gasteiger partial charge is 0.351 e. The first-order chi connectivity index (χ1) is 11.1. The minimum absolute atomic E-state index is 0. The Morgan fingerprint density at radius 1 is 1.12 bits per heavy atom. The van der Waals surface area contributed by atoms with Crippen LogP contribution in [0.5, 0.6) is 0 Å². The van der Waals surface area contributed by atoms with Gasteiger partial charge < -0.3 is 16.4 Å². The lowest BCUT2D eigenvalue weighted by molar-refractivity contribution is -0.123. The normalized spacial score (nSPS) is 12.6. The van der Waals surface area contributed by atoms with Crippen molar-refractivity contribution in [2.45, 2.75) is 25.4 Å². The molecule has 1 heterocycles. The van der Waals surface area contributed by atoms with Crippen molar-refractivity contribution in [1.82, 2.24) is 10.6 Å². The summed E-state index contributed by atoms with van der Waals surface area (Å²) in [4.78, 5) is 25.3. The average Bonchev–Trinajstić information content (AvgIpc) is 3.09. The summed E-state index contributed by atoms with van der Waals surface area (Å²) in [6.07, 6.45) is 0.432. The van der Waals surface area contributed by atoms with Crippen molar-refractivity contribution in [1.29, 1.82) is 0 Å². The van der Waals surface area contributed by atoms with Gasteiger partial charge in [0.15, 0.2) is 0 Å². The number of halogens is 1. The molecule has 0 aliphatic carbocycles. The number of rotatable bonds is 7. The zero-order valence-corrected chi connectivity index (χ0v) is 15.0. The molecule has 0 bridgehead atoms. The van der Waals surface area contributed by atoms with Crippen molar-refractivity contribution in [3.05, 3.63) is 58.3 Å². The Labute approximate surface area is 152 Å². The second-order valence-electron chi connectivity index (χ2n) is 5.34. The summed E-state index contributed by atoms with van der Waals surface area (Å²) in [7, 11) is 0. The monoisotopic (exact) mass is 367 g/mol. The highest BCUT2D eigenvalue weighted by molar-refractivity contribution is 7.12. The molecular formula is C17H22ClN3O2S. The molecule has 2 atom stereocenters. The SMILES string of the molecule is C[C@@H](CN)NC(=O)C(Cc1ccccc1)NC(=O)c1cccs1.Cl. The van der Waals surface area contributed by atoms with E-state index in [0.717, 1.165) is 5.56 Å². The predicted octanol–water partition coefficient (Wildman–Crippen LogP) is 1.97. The lowest BCUT2D eigenvalue weighted by atomic mass is 10.0. The third-order valence-corrected chi connectivity index (χ3v) is 4.26. The van der Waals surface area contributed by atoms with Crippen molar-refractivity contribution in [3.63, 3.8) is 0 Å². The molecule has 5 nitrogen and oxygen atoms in total. The van der Waals surface area contributed by atoms with Gasteiger partial charge in [-0.05, 0) is 23.9 Å². The molecule has 130 valence electrons. The number of hydrogen-bond donors (Lipinski definition) is 3. The van der Waals surface area contributed by atoms with Crippen LogP contribution in [0, 0.1) is 0 Å². The number of thiophene rings is 1. The summed E-state index contributed by atoms with van der Waals surface area (Å²) >= 11 is 1.35. The summed E-state index contributed by atoms with van der Waals surface area (Å²) in [6.45, 7) is 2.18. The smallest absolute Gasteiger partial charge is 0.262 e. The van der Waals surface area contributed by atoms with Crippen LogP contribution in [-0.2, 0) is 11.2 Å². The molecule has 0 radical (unpaired) electrons. The topological polar surface area (TPSA) is 84.2 Å². The van der Waals surface area contributed by atoms with Crippen LogP contribution in [0.3, 0.4) is 0 Å². The molecule has 1 unspecified atom stereocenters. The standard InChI is InChI=1S/C17H21N3O2S.ClH/c1-12(11-18)19-16(21)14(10-13-6-3-2-4-7-13)20-17(22)15-8-5-9-23-15;/h2-9,12,14H,10-11,18H2,1H3,(H,19,21)(H,20,22);1H/t12-,14?;/m0./s1. The van der Waals surface area contributed by atoms with E-state index >= 15 is 0 Å². The lowest BCUT2D eigenvalue weighted by Gasteiger charge is -2.20. The van der Waals surface area contributed by atoms with Crippen molar-refractivity contribution in [3.8, 4) is 0 Å². The van der Waals surface area contributed by atoms with E-state index in [0.29, 0.717) is 17.8 Å². The number of benzene rings is 1. The number of carbonyl (C=O) groups excluding carboxylic acids is 2. The van der Waals surface area contributed by atoms with E-state index in [2.05, 4.69) is 10.6 Å². The van der Waals surface area contributed by atoms with Gasteiger partial charge in [-0.2, -0.15) is 0 Å². The third kappa shape index (κ3) is 5.96. The molecule has 2 aromatic rings. The summed E-state index contributed by atoms with van der Waals surface area (Å²) in [6, 6.07) is 12.4. The summed E-state index contributed by atoms with van der Waals surface area (Å²) in [5, 5.41) is 7.47. The van der Waals surface area contributed by atoms with Crippen molar-refractivity contribution in [2.75, 3.05) is 6.54 Å². The Balaban J connectivity index is 0.00000288. The van der Waals surface area contributed by atoms with Crippen LogP contribution in [0.2, 0.25) is 0 Å². The fraction of sp³-hybridized carbons (Fsp3) is 0.294. The second-order valence-corrected chi connectivity index (χ2v) is 6.29. The molecule has 0 saturated heterocycles. The molecule has 2 rings (SSSR count). The molecule has 0 saturated carbocycles. The molecule has 0 aliphatic heterocycles. The Kier molecular flexibility index (Phi) is 8.46. The van der Waals surface area contributed by atoms with Gasteiger partial charge in [-0.1, -0.05) is 36.4 Å². The van der Waals surface area contributed by atoms with Crippen LogP contribution in [0.15, 0.2) is 47.8 Å². The molecule has 24 heavy (non-hydrogen) atoms. The van der Waals surface area contributed by atoms with Gasteiger partial charge in [-0.3, -0.25) is 9.59 Å². The predicted molar refractivity (Wildman–Crippen MR) is 99.6 cm³/mol. The lowest BCUT2D eigenvalue weighted by Crippen LogP contribution is -2.51. The summed E-state index contributed by atoms with van der Waals surface area (Å²) in [5.74, 6) is -0.465. The quantitative estimate of drug-likeness (QED) is 0.699. The zero-order chi connectivity index (χ0) is 16.7. The Morgan fingerprint density at radius 3 is 2.42 bits per heavy atom. The minimum Gasteiger partial charge on any atom is -0.351 e. The van der Waals surface area contributed by atoms with Crippen LogP contribution < -0.4 is 16.4 Å². The molecule has 1 aromatic heterocycles. The average molecular weight is 368 g/mol. The minimum atomic E-state index is -0.638. The van der Waals surface area contributed by atoms with Gasteiger partial charge in [0.2, 0.25) is 5.91 Å². The maximum atomic E-state index is 12.4. The summed E-state index contributed by atoms with van der Waals surface area (Å²) in [5.41, 5.74) is 6.54. The highest BCUT2D eigenvalue weighted by Gasteiger charge is 2.23. The molecule has 7 heteroatoms. The van der Waals surface area contributed by atoms with E-state index in [1.807, 2.05) is 48.7 Å². The molecular weight excluding hydrogens is 346 g/mol. The molecule has 1 aromatic carbocycles. The van der Waals surface area contributed by atoms with E-state index < -0.39 is 6.04 Å². The highest BCUT2D eigenvalue weighted by atomic mass is 35.5.